The summed E-state index contributed by atoms with van der Waals surface area (Å²) in [6, 6.07) is 18.0. The van der Waals surface area contributed by atoms with Gasteiger partial charge in [-0.25, -0.2) is 0 Å². The van der Waals surface area contributed by atoms with Crippen molar-refractivity contribution in [3.63, 3.8) is 0 Å². The van der Waals surface area contributed by atoms with E-state index in [1.807, 2.05) is 14.2 Å². The van der Waals surface area contributed by atoms with E-state index in [0.29, 0.717) is 11.7 Å². The second kappa shape index (κ2) is 11.8. The molecule has 0 bridgehead atoms. The highest BCUT2D eigenvalue weighted by Gasteiger charge is 2.47. The fourth-order valence-corrected chi connectivity index (χ4v) is 12.5. The largest absolute Gasteiger partial charge is 0.496 e. The van der Waals surface area contributed by atoms with Gasteiger partial charge in [-0.2, -0.15) is 0 Å². The SMILES string of the molecule is CCP(CC)C1C([C@H](C)N(C)C)CC[C@@H]1P(c1ccccc1OC)c1ccccc1OC. The van der Waals surface area contributed by atoms with Crippen molar-refractivity contribution in [2.45, 2.75) is 51.0 Å². The summed E-state index contributed by atoms with van der Waals surface area (Å²) in [6.07, 6.45) is 5.22. The molecule has 32 heavy (non-hydrogen) atoms. The molecular formula is C27H41NO2P2. The minimum absolute atomic E-state index is 0.0263. The molecular weight excluding hydrogens is 432 g/mol. The molecule has 0 saturated heterocycles. The van der Waals surface area contributed by atoms with Crippen LogP contribution in [0.1, 0.15) is 33.6 Å². The topological polar surface area (TPSA) is 21.7 Å². The number of hydrogen-bond acceptors (Lipinski definition) is 3. The van der Waals surface area contributed by atoms with Gasteiger partial charge in [0.2, 0.25) is 0 Å². The van der Waals surface area contributed by atoms with Gasteiger partial charge < -0.3 is 14.4 Å². The van der Waals surface area contributed by atoms with Crippen LogP contribution in [0, 0.1) is 5.92 Å². The predicted octanol–water partition coefficient (Wildman–Crippen LogP) is 5.76. The van der Waals surface area contributed by atoms with Crippen LogP contribution < -0.4 is 20.1 Å². The van der Waals surface area contributed by atoms with Gasteiger partial charge in [-0.1, -0.05) is 50.2 Å². The zero-order valence-corrected chi connectivity index (χ0v) is 22.7. The zero-order valence-electron chi connectivity index (χ0n) is 20.9. The number of rotatable bonds is 10. The average Bonchev–Trinajstić information content (AvgIpc) is 3.24. The molecule has 1 aliphatic rings. The third-order valence-electron chi connectivity index (χ3n) is 7.32. The number of para-hydroxylation sites is 2. The van der Waals surface area contributed by atoms with E-state index >= 15 is 0 Å². The van der Waals surface area contributed by atoms with Crippen LogP contribution in [0.15, 0.2) is 48.5 Å². The Hall–Kier alpha value is -1.14. The molecule has 3 nitrogen and oxygen atoms in total. The van der Waals surface area contributed by atoms with Gasteiger partial charge in [0, 0.05) is 16.7 Å². The quantitative estimate of drug-likeness (QED) is 0.410. The molecule has 0 aromatic heterocycles. The highest BCUT2D eigenvalue weighted by Crippen LogP contribution is 2.62. The van der Waals surface area contributed by atoms with Crippen molar-refractivity contribution < 1.29 is 9.47 Å². The van der Waals surface area contributed by atoms with Crippen LogP contribution in [0.25, 0.3) is 0 Å². The molecule has 3 rings (SSSR count). The Morgan fingerprint density at radius 3 is 1.81 bits per heavy atom. The minimum atomic E-state index is -0.611. The van der Waals surface area contributed by atoms with Crippen molar-refractivity contribution >= 4 is 26.5 Å². The average molecular weight is 474 g/mol. The van der Waals surface area contributed by atoms with Gasteiger partial charge in [0.25, 0.3) is 0 Å². The lowest BCUT2D eigenvalue weighted by molar-refractivity contribution is 0.232. The van der Waals surface area contributed by atoms with Crippen molar-refractivity contribution in [3.05, 3.63) is 48.5 Å². The Balaban J connectivity index is 2.18. The number of ether oxygens (including phenoxy) is 2. The number of methoxy groups -OCH3 is 2. The summed E-state index contributed by atoms with van der Waals surface area (Å²) in [5.41, 5.74) is 1.41. The van der Waals surface area contributed by atoms with Crippen LogP contribution in [0.4, 0.5) is 0 Å². The van der Waals surface area contributed by atoms with Crippen LogP contribution >= 0.6 is 15.8 Å². The highest BCUT2D eigenvalue weighted by atomic mass is 31.1. The first-order chi connectivity index (χ1) is 15.5. The molecule has 1 aliphatic carbocycles. The molecule has 0 radical (unpaired) electrons. The number of hydrogen-bond donors (Lipinski definition) is 0. The van der Waals surface area contributed by atoms with Gasteiger partial charge in [-0.3, -0.25) is 0 Å². The van der Waals surface area contributed by atoms with E-state index in [0.717, 1.165) is 23.1 Å². The molecule has 2 unspecified atom stereocenters. The Bertz CT molecular complexity index is 808. The van der Waals surface area contributed by atoms with Crippen molar-refractivity contribution in [1.29, 1.82) is 0 Å². The third-order valence-corrected chi connectivity index (χ3v) is 13.8. The van der Waals surface area contributed by atoms with Crippen LogP contribution in [-0.4, -0.2) is 62.9 Å². The monoisotopic (exact) mass is 473 g/mol. The summed E-state index contributed by atoms with van der Waals surface area (Å²) >= 11 is 0. The maximum atomic E-state index is 5.91. The smallest absolute Gasteiger partial charge is 0.126 e. The van der Waals surface area contributed by atoms with Gasteiger partial charge in [-0.15, -0.1) is 7.92 Å². The van der Waals surface area contributed by atoms with E-state index in [1.54, 1.807) is 0 Å². The second-order valence-corrected chi connectivity index (χ2v) is 14.3. The van der Waals surface area contributed by atoms with Crippen molar-refractivity contribution in [3.8, 4) is 11.5 Å². The van der Waals surface area contributed by atoms with Gasteiger partial charge in [0.1, 0.15) is 11.5 Å². The Morgan fingerprint density at radius 2 is 1.38 bits per heavy atom. The lowest BCUT2D eigenvalue weighted by Gasteiger charge is -2.40. The highest BCUT2D eigenvalue weighted by molar-refractivity contribution is 7.75. The summed E-state index contributed by atoms with van der Waals surface area (Å²) < 4.78 is 11.8. The van der Waals surface area contributed by atoms with E-state index < -0.39 is 7.92 Å². The first-order valence-electron chi connectivity index (χ1n) is 11.9. The van der Waals surface area contributed by atoms with E-state index in [-0.39, 0.29) is 7.92 Å². The molecule has 176 valence electrons. The van der Waals surface area contributed by atoms with Crippen LogP contribution in [0.2, 0.25) is 0 Å². The third kappa shape index (κ3) is 5.16. The number of nitrogens with zero attached hydrogens (tertiary/aromatic N) is 1. The number of benzene rings is 2. The molecule has 0 spiro atoms. The predicted molar refractivity (Wildman–Crippen MR) is 144 cm³/mol. The normalized spacial score (nSPS) is 22.0. The molecule has 0 amide bonds. The van der Waals surface area contributed by atoms with Gasteiger partial charge in [0.15, 0.2) is 0 Å². The fraction of sp³-hybridized carbons (Fsp3) is 0.556. The lowest BCUT2D eigenvalue weighted by atomic mass is 9.98. The molecule has 0 heterocycles. The van der Waals surface area contributed by atoms with Crippen molar-refractivity contribution in [1.82, 2.24) is 4.90 Å². The molecule has 0 aliphatic heterocycles. The first kappa shape index (κ1) is 25.5. The fourth-order valence-electron chi connectivity index (χ4n) is 5.49. The van der Waals surface area contributed by atoms with E-state index in [9.17, 15) is 0 Å². The summed E-state index contributed by atoms with van der Waals surface area (Å²) in [4.78, 5) is 2.44. The van der Waals surface area contributed by atoms with E-state index in [4.69, 9.17) is 9.47 Å². The molecule has 2 aromatic carbocycles. The Labute approximate surface area is 198 Å². The maximum absolute atomic E-state index is 5.91. The minimum Gasteiger partial charge on any atom is -0.496 e. The van der Waals surface area contributed by atoms with Crippen LogP contribution in [0.3, 0.4) is 0 Å². The summed E-state index contributed by atoms with van der Waals surface area (Å²) in [5, 5.41) is 2.73. The van der Waals surface area contributed by atoms with E-state index in [1.165, 1.54) is 35.8 Å². The summed E-state index contributed by atoms with van der Waals surface area (Å²) in [5.74, 6) is 2.78. The van der Waals surface area contributed by atoms with Gasteiger partial charge in [0.05, 0.1) is 14.2 Å². The molecule has 1 saturated carbocycles. The molecule has 2 aromatic rings. The molecule has 0 N–H and O–H groups in total. The molecule has 1 fully saturated rings. The standard InChI is InChI=1S/C27H41NO2P2/c1-8-31(9-2)27-21(20(3)28(4)5)18-19-26(27)32(24-16-12-10-14-22(24)29-6)25-17-13-11-15-23(25)30-7/h10-17,20-21,26-27H,8-9,18-19H2,1-7H3/t20-,21?,26-,27?/m0/s1. The van der Waals surface area contributed by atoms with Gasteiger partial charge >= 0.3 is 0 Å². The summed E-state index contributed by atoms with van der Waals surface area (Å²) in [7, 11) is 7.48. The zero-order chi connectivity index (χ0) is 23.3. The summed E-state index contributed by atoms with van der Waals surface area (Å²) in [6.45, 7) is 7.26. The lowest BCUT2D eigenvalue weighted by Crippen LogP contribution is -2.40. The molecule has 4 atom stereocenters. The van der Waals surface area contributed by atoms with Crippen molar-refractivity contribution in [2.75, 3.05) is 40.6 Å². The second-order valence-electron chi connectivity index (χ2n) is 8.94. The molecule has 5 heteroatoms. The van der Waals surface area contributed by atoms with E-state index in [2.05, 4.69) is 88.3 Å². The van der Waals surface area contributed by atoms with Gasteiger partial charge in [-0.05, 0) is 83.5 Å². The first-order valence-corrected chi connectivity index (χ1v) is 15.1. The van der Waals surface area contributed by atoms with Crippen molar-refractivity contribution in [2.24, 2.45) is 5.92 Å². The maximum Gasteiger partial charge on any atom is 0.126 e. The Kier molecular flexibility index (Phi) is 9.42. The van der Waals surface area contributed by atoms with Crippen LogP contribution in [0.5, 0.6) is 11.5 Å². The Morgan fingerprint density at radius 1 is 0.875 bits per heavy atom. The van der Waals surface area contributed by atoms with Crippen LogP contribution in [-0.2, 0) is 0 Å².